The van der Waals surface area contributed by atoms with Gasteiger partial charge in [0.15, 0.2) is 11.5 Å². The van der Waals surface area contributed by atoms with Gasteiger partial charge in [0, 0.05) is 6.42 Å². The highest BCUT2D eigenvalue weighted by Crippen LogP contribution is 2.26. The van der Waals surface area contributed by atoms with Crippen molar-refractivity contribution in [3.63, 3.8) is 0 Å². The van der Waals surface area contributed by atoms with Crippen molar-refractivity contribution in [3.8, 4) is 11.5 Å². The van der Waals surface area contributed by atoms with Gasteiger partial charge in [-0.25, -0.2) is 9.59 Å². The second kappa shape index (κ2) is 7.02. The number of carboxylic acids is 1. The molecule has 1 rings (SSSR count). The predicted molar refractivity (Wildman–Crippen MR) is 79.2 cm³/mol. The Bertz CT molecular complexity index is 549. The smallest absolute Gasteiger partial charge is 0.408 e. The topological polar surface area (TPSA) is 105 Å². The van der Waals surface area contributed by atoms with Gasteiger partial charge >= 0.3 is 12.1 Å². The molecule has 0 aromatic heterocycles. The Kier molecular flexibility index (Phi) is 5.62. The fraction of sp³-hybridized carbons (Fsp3) is 0.467. The Hall–Kier alpha value is -2.44. The van der Waals surface area contributed by atoms with Gasteiger partial charge in [-0.1, -0.05) is 6.07 Å². The molecule has 1 aromatic rings. The van der Waals surface area contributed by atoms with Crippen molar-refractivity contribution in [1.82, 2.24) is 5.32 Å². The van der Waals surface area contributed by atoms with E-state index in [0.29, 0.717) is 5.56 Å². The Morgan fingerprint density at radius 2 is 1.95 bits per heavy atom. The van der Waals surface area contributed by atoms with Gasteiger partial charge in [-0.3, -0.25) is 0 Å². The second-order valence-corrected chi connectivity index (χ2v) is 5.75. The maximum absolute atomic E-state index is 11.7. The van der Waals surface area contributed by atoms with E-state index in [9.17, 15) is 19.8 Å². The summed E-state index contributed by atoms with van der Waals surface area (Å²) in [5.74, 6) is -1.00. The number of aromatic hydroxyl groups is 1. The number of phenols is 1. The van der Waals surface area contributed by atoms with E-state index in [4.69, 9.17) is 9.47 Å². The first-order valence-corrected chi connectivity index (χ1v) is 6.70. The van der Waals surface area contributed by atoms with Crippen LogP contribution >= 0.6 is 0 Å². The van der Waals surface area contributed by atoms with E-state index in [1.54, 1.807) is 26.8 Å². The average Bonchev–Trinajstić information content (AvgIpc) is 2.35. The summed E-state index contributed by atoms with van der Waals surface area (Å²) >= 11 is 0. The van der Waals surface area contributed by atoms with Crippen LogP contribution in [-0.2, 0) is 16.0 Å². The highest BCUT2D eigenvalue weighted by Gasteiger charge is 2.24. The van der Waals surface area contributed by atoms with E-state index in [1.807, 2.05) is 0 Å². The van der Waals surface area contributed by atoms with Crippen LogP contribution in [0.4, 0.5) is 4.79 Å². The van der Waals surface area contributed by atoms with Crippen molar-refractivity contribution >= 4 is 12.1 Å². The van der Waals surface area contributed by atoms with E-state index < -0.39 is 23.7 Å². The lowest BCUT2D eigenvalue weighted by Crippen LogP contribution is -2.44. The van der Waals surface area contributed by atoms with Crippen molar-refractivity contribution in [3.05, 3.63) is 23.8 Å². The molecule has 0 unspecified atom stereocenters. The normalized spacial score (nSPS) is 12.4. The molecule has 1 amide bonds. The summed E-state index contributed by atoms with van der Waals surface area (Å²) in [6.45, 7) is 5.05. The molecule has 0 aliphatic heterocycles. The lowest BCUT2D eigenvalue weighted by atomic mass is 10.1. The van der Waals surface area contributed by atoms with Gasteiger partial charge in [0.05, 0.1) is 7.11 Å². The maximum atomic E-state index is 11.7. The summed E-state index contributed by atoms with van der Waals surface area (Å²) in [7, 11) is 1.42. The van der Waals surface area contributed by atoms with Gasteiger partial charge in [0.1, 0.15) is 11.6 Å². The highest BCUT2D eigenvalue weighted by molar-refractivity contribution is 5.80. The third-order valence-electron chi connectivity index (χ3n) is 2.67. The first kappa shape index (κ1) is 17.6. The van der Waals surface area contributed by atoms with Crippen LogP contribution in [0.3, 0.4) is 0 Å². The van der Waals surface area contributed by atoms with Gasteiger partial charge in [-0.15, -0.1) is 0 Å². The van der Waals surface area contributed by atoms with Crippen molar-refractivity contribution in [2.24, 2.45) is 0 Å². The molecule has 0 spiro atoms. The lowest BCUT2D eigenvalue weighted by molar-refractivity contribution is -0.139. The van der Waals surface area contributed by atoms with Crippen molar-refractivity contribution in [2.45, 2.75) is 38.8 Å². The first-order chi connectivity index (χ1) is 10.1. The number of hydrogen-bond acceptors (Lipinski definition) is 5. The number of alkyl carbamates (subject to hydrolysis) is 1. The van der Waals surface area contributed by atoms with Crippen molar-refractivity contribution in [2.75, 3.05) is 7.11 Å². The lowest BCUT2D eigenvalue weighted by Gasteiger charge is -2.22. The van der Waals surface area contributed by atoms with Crippen LogP contribution in [-0.4, -0.2) is 41.0 Å². The Morgan fingerprint density at radius 1 is 1.32 bits per heavy atom. The fourth-order valence-electron chi connectivity index (χ4n) is 1.75. The zero-order valence-corrected chi connectivity index (χ0v) is 13.0. The third kappa shape index (κ3) is 5.51. The number of carbonyl (C=O) groups is 2. The fourth-order valence-corrected chi connectivity index (χ4v) is 1.75. The quantitative estimate of drug-likeness (QED) is 0.767. The molecular formula is C15H21NO6. The summed E-state index contributed by atoms with van der Waals surface area (Å²) in [5, 5.41) is 21.2. The van der Waals surface area contributed by atoms with E-state index >= 15 is 0 Å². The number of hydrogen-bond donors (Lipinski definition) is 3. The minimum absolute atomic E-state index is 0.00608. The number of benzene rings is 1. The van der Waals surface area contributed by atoms with E-state index in [2.05, 4.69) is 5.32 Å². The molecule has 22 heavy (non-hydrogen) atoms. The van der Waals surface area contributed by atoms with Crippen LogP contribution < -0.4 is 10.1 Å². The summed E-state index contributed by atoms with van der Waals surface area (Å²) in [6.07, 6.45) is -0.802. The summed E-state index contributed by atoms with van der Waals surface area (Å²) < 4.78 is 9.95. The second-order valence-electron chi connectivity index (χ2n) is 5.75. The molecule has 0 radical (unpaired) electrons. The minimum atomic E-state index is -1.19. The van der Waals surface area contributed by atoms with Crippen molar-refractivity contribution < 1.29 is 29.3 Å². The number of phenolic OH excluding ortho intramolecular Hbond substituents is 1. The molecular weight excluding hydrogens is 290 g/mol. The van der Waals surface area contributed by atoms with E-state index in [0.717, 1.165) is 0 Å². The zero-order chi connectivity index (χ0) is 16.9. The van der Waals surface area contributed by atoms with Crippen LogP contribution in [0.1, 0.15) is 26.3 Å². The van der Waals surface area contributed by atoms with Crippen LogP contribution in [0, 0.1) is 0 Å². The highest BCUT2D eigenvalue weighted by atomic mass is 16.6. The number of carboxylic acid groups (broad SMARTS) is 1. The maximum Gasteiger partial charge on any atom is 0.408 e. The van der Waals surface area contributed by atoms with Crippen molar-refractivity contribution in [1.29, 1.82) is 0 Å². The van der Waals surface area contributed by atoms with Gasteiger partial charge in [-0.2, -0.15) is 0 Å². The standard InChI is InChI=1S/C15H21NO6/c1-15(2,3)22-14(20)16-10(13(18)19)7-9-5-6-12(21-4)11(17)8-9/h5-6,8,10,17H,7H2,1-4H3,(H,16,20)(H,18,19)/t10-/m1/s1. The Labute approximate surface area is 128 Å². The molecule has 7 heteroatoms. The number of nitrogens with one attached hydrogen (secondary N) is 1. The molecule has 0 aliphatic carbocycles. The summed E-state index contributed by atoms with van der Waals surface area (Å²) in [6, 6.07) is 3.37. The summed E-state index contributed by atoms with van der Waals surface area (Å²) in [4.78, 5) is 22.9. The van der Waals surface area contributed by atoms with Gasteiger partial charge in [0.2, 0.25) is 0 Å². The summed E-state index contributed by atoms with van der Waals surface area (Å²) in [5.41, 5.74) is -0.173. The van der Waals surface area contributed by atoms with Gasteiger partial charge in [0.25, 0.3) is 0 Å². The molecule has 0 fully saturated rings. The molecule has 0 saturated heterocycles. The Balaban J connectivity index is 2.78. The van der Waals surface area contributed by atoms with Crippen LogP contribution in [0.15, 0.2) is 18.2 Å². The van der Waals surface area contributed by atoms with Crippen LogP contribution in [0.25, 0.3) is 0 Å². The molecule has 3 N–H and O–H groups in total. The van der Waals surface area contributed by atoms with E-state index in [1.165, 1.54) is 19.2 Å². The molecule has 0 saturated carbocycles. The van der Waals surface area contributed by atoms with Gasteiger partial charge < -0.3 is 25.0 Å². The average molecular weight is 311 g/mol. The van der Waals surface area contributed by atoms with Crippen LogP contribution in [0.5, 0.6) is 11.5 Å². The van der Waals surface area contributed by atoms with Gasteiger partial charge in [-0.05, 0) is 38.5 Å². The molecule has 122 valence electrons. The molecule has 1 atom stereocenters. The molecule has 0 bridgehead atoms. The third-order valence-corrected chi connectivity index (χ3v) is 2.67. The number of amides is 1. The number of methoxy groups -OCH3 is 1. The predicted octanol–water partition coefficient (Wildman–Crippen LogP) is 1.92. The number of ether oxygens (including phenoxy) is 2. The zero-order valence-electron chi connectivity index (χ0n) is 13.0. The number of carbonyl (C=O) groups excluding carboxylic acids is 1. The molecule has 1 aromatic carbocycles. The largest absolute Gasteiger partial charge is 0.504 e. The minimum Gasteiger partial charge on any atom is -0.504 e. The first-order valence-electron chi connectivity index (χ1n) is 6.70. The monoisotopic (exact) mass is 311 g/mol. The molecule has 0 heterocycles. The number of aliphatic carboxylic acids is 1. The van der Waals surface area contributed by atoms with Crippen LogP contribution in [0.2, 0.25) is 0 Å². The Morgan fingerprint density at radius 3 is 2.41 bits per heavy atom. The SMILES string of the molecule is COc1ccc(C[C@@H](NC(=O)OC(C)(C)C)C(=O)O)cc1O. The number of rotatable bonds is 5. The molecule has 7 nitrogen and oxygen atoms in total. The van der Waals surface area contributed by atoms with E-state index in [-0.39, 0.29) is 17.9 Å². The molecule has 0 aliphatic rings.